The van der Waals surface area contributed by atoms with Gasteiger partial charge in [0.2, 0.25) is 0 Å². The van der Waals surface area contributed by atoms with Crippen molar-refractivity contribution in [1.29, 1.82) is 0 Å². The molecule has 1 aliphatic rings. The van der Waals surface area contributed by atoms with Crippen molar-refractivity contribution in [2.24, 2.45) is 0 Å². The Morgan fingerprint density at radius 1 is 1.24 bits per heavy atom. The smallest absolute Gasteiger partial charge is 0.255 e. The van der Waals surface area contributed by atoms with E-state index in [-0.39, 0.29) is 5.56 Å². The second kappa shape index (κ2) is 4.86. The van der Waals surface area contributed by atoms with E-state index in [2.05, 4.69) is 15.0 Å². The minimum absolute atomic E-state index is 0.0565. The van der Waals surface area contributed by atoms with E-state index in [9.17, 15) is 4.79 Å². The summed E-state index contributed by atoms with van der Waals surface area (Å²) in [5.74, 6) is 2.07. The topological polar surface area (TPSA) is 58.6 Å². The highest BCUT2D eigenvalue weighted by molar-refractivity contribution is 7.98. The number of nitrogens with one attached hydrogen (secondary N) is 1. The van der Waals surface area contributed by atoms with Crippen LogP contribution in [0.25, 0.3) is 22.3 Å². The fourth-order valence-corrected chi connectivity index (χ4v) is 3.77. The highest BCUT2D eigenvalue weighted by atomic mass is 35.5. The molecule has 0 fully saturated rings. The Balaban J connectivity index is 2.02. The van der Waals surface area contributed by atoms with Crippen molar-refractivity contribution < 1.29 is 0 Å². The van der Waals surface area contributed by atoms with Gasteiger partial charge in [0.1, 0.15) is 5.82 Å². The standard InChI is InChI=1S/C15H10ClN3OS/c16-11-4-3-9(13-8(11)2-1-5-17-13)14-18-12-7-21-6-10(12)15(20)19-14/h1-5H,6-7H2,(H,18,19,20). The molecule has 1 N–H and O–H groups in total. The first-order valence-corrected chi connectivity index (χ1v) is 8.01. The summed E-state index contributed by atoms with van der Waals surface area (Å²) in [6.45, 7) is 0. The van der Waals surface area contributed by atoms with Crippen LogP contribution in [0.2, 0.25) is 5.02 Å². The number of thioether (sulfide) groups is 1. The number of halogens is 1. The molecule has 21 heavy (non-hydrogen) atoms. The average Bonchev–Trinajstić information content (AvgIpc) is 2.97. The summed E-state index contributed by atoms with van der Waals surface area (Å²) < 4.78 is 0. The number of benzene rings is 1. The predicted molar refractivity (Wildman–Crippen MR) is 85.6 cm³/mol. The van der Waals surface area contributed by atoms with Gasteiger partial charge in [-0.25, -0.2) is 4.98 Å². The van der Waals surface area contributed by atoms with Crippen molar-refractivity contribution in [3.05, 3.63) is 57.1 Å². The van der Waals surface area contributed by atoms with Gasteiger partial charge in [0.15, 0.2) is 0 Å². The molecule has 0 spiro atoms. The molecule has 6 heteroatoms. The van der Waals surface area contributed by atoms with Crippen LogP contribution in [-0.4, -0.2) is 15.0 Å². The molecule has 2 aromatic heterocycles. The maximum absolute atomic E-state index is 12.2. The maximum atomic E-state index is 12.2. The molecule has 4 nitrogen and oxygen atoms in total. The normalized spacial score (nSPS) is 13.6. The van der Waals surface area contributed by atoms with E-state index in [4.69, 9.17) is 11.6 Å². The van der Waals surface area contributed by atoms with Crippen molar-refractivity contribution in [2.45, 2.75) is 11.5 Å². The van der Waals surface area contributed by atoms with Crippen molar-refractivity contribution >= 4 is 34.3 Å². The largest absolute Gasteiger partial charge is 0.306 e. The first-order valence-electron chi connectivity index (χ1n) is 6.47. The number of hydrogen-bond acceptors (Lipinski definition) is 4. The Bertz CT molecular complexity index is 922. The van der Waals surface area contributed by atoms with E-state index in [0.29, 0.717) is 10.8 Å². The van der Waals surface area contributed by atoms with Crippen LogP contribution in [0.15, 0.2) is 35.3 Å². The number of fused-ring (bicyclic) bond motifs is 2. The van der Waals surface area contributed by atoms with Gasteiger partial charge in [-0.1, -0.05) is 11.6 Å². The van der Waals surface area contributed by atoms with Crippen LogP contribution in [0, 0.1) is 0 Å². The molecule has 0 aliphatic carbocycles. The fourth-order valence-electron chi connectivity index (χ4n) is 2.52. The fraction of sp³-hybridized carbons (Fsp3) is 0.133. The Labute approximate surface area is 129 Å². The predicted octanol–water partition coefficient (Wildman–Crippen LogP) is 3.39. The van der Waals surface area contributed by atoms with Crippen LogP contribution in [0.1, 0.15) is 11.3 Å². The Morgan fingerprint density at radius 3 is 3.05 bits per heavy atom. The number of rotatable bonds is 1. The summed E-state index contributed by atoms with van der Waals surface area (Å²) in [5.41, 5.74) is 3.15. The number of pyridine rings is 1. The molecule has 104 valence electrons. The first kappa shape index (κ1) is 12.9. The Kier molecular flexibility index (Phi) is 2.97. The van der Waals surface area contributed by atoms with Gasteiger partial charge in [0.25, 0.3) is 5.56 Å². The van der Waals surface area contributed by atoms with Crippen molar-refractivity contribution in [3.8, 4) is 11.4 Å². The molecular weight excluding hydrogens is 306 g/mol. The van der Waals surface area contributed by atoms with Crippen LogP contribution in [0.5, 0.6) is 0 Å². The van der Waals surface area contributed by atoms with E-state index in [0.717, 1.165) is 39.2 Å². The van der Waals surface area contributed by atoms with E-state index in [1.165, 1.54) is 0 Å². The van der Waals surface area contributed by atoms with Crippen LogP contribution < -0.4 is 5.56 Å². The van der Waals surface area contributed by atoms with E-state index in [1.807, 2.05) is 24.3 Å². The van der Waals surface area contributed by atoms with Gasteiger partial charge >= 0.3 is 0 Å². The molecule has 3 aromatic rings. The van der Waals surface area contributed by atoms with Crippen LogP contribution in [0.4, 0.5) is 0 Å². The second-order valence-corrected chi connectivity index (χ2v) is 6.22. The summed E-state index contributed by atoms with van der Waals surface area (Å²) in [6, 6.07) is 7.41. The lowest BCUT2D eigenvalue weighted by atomic mass is 10.1. The van der Waals surface area contributed by atoms with E-state index in [1.54, 1.807) is 18.0 Å². The zero-order chi connectivity index (χ0) is 14.4. The molecule has 0 atom stereocenters. The first-order chi connectivity index (χ1) is 10.2. The molecule has 1 aliphatic heterocycles. The minimum atomic E-state index is -0.0565. The van der Waals surface area contributed by atoms with Gasteiger partial charge in [-0.05, 0) is 24.3 Å². The summed E-state index contributed by atoms with van der Waals surface area (Å²) in [6.07, 6.45) is 1.71. The monoisotopic (exact) mass is 315 g/mol. The summed E-state index contributed by atoms with van der Waals surface area (Å²) in [4.78, 5) is 24.0. The molecule has 0 unspecified atom stereocenters. The van der Waals surface area contributed by atoms with Crippen molar-refractivity contribution in [1.82, 2.24) is 15.0 Å². The van der Waals surface area contributed by atoms with E-state index < -0.39 is 0 Å². The van der Waals surface area contributed by atoms with Crippen molar-refractivity contribution in [3.63, 3.8) is 0 Å². The van der Waals surface area contributed by atoms with Crippen molar-refractivity contribution in [2.75, 3.05) is 0 Å². The molecule has 1 aromatic carbocycles. The molecular formula is C15H10ClN3OS. The lowest BCUT2D eigenvalue weighted by Gasteiger charge is -2.08. The molecule has 0 saturated heterocycles. The summed E-state index contributed by atoms with van der Waals surface area (Å²) in [7, 11) is 0. The summed E-state index contributed by atoms with van der Waals surface area (Å²) >= 11 is 7.91. The second-order valence-electron chi connectivity index (χ2n) is 4.83. The molecule has 0 saturated carbocycles. The lowest BCUT2D eigenvalue weighted by molar-refractivity contribution is 1.03. The van der Waals surface area contributed by atoms with Crippen LogP contribution in [0.3, 0.4) is 0 Å². The summed E-state index contributed by atoms with van der Waals surface area (Å²) in [5, 5.41) is 1.50. The van der Waals surface area contributed by atoms with Gasteiger partial charge in [0, 0.05) is 34.2 Å². The van der Waals surface area contributed by atoms with E-state index >= 15 is 0 Å². The van der Waals surface area contributed by atoms with Crippen LogP contribution in [-0.2, 0) is 11.5 Å². The molecule has 0 radical (unpaired) electrons. The van der Waals surface area contributed by atoms with Gasteiger partial charge < -0.3 is 4.98 Å². The third-order valence-corrected chi connectivity index (χ3v) is 4.86. The van der Waals surface area contributed by atoms with Gasteiger partial charge in [0.05, 0.1) is 16.2 Å². The van der Waals surface area contributed by atoms with Crippen LogP contribution >= 0.6 is 23.4 Å². The zero-order valence-corrected chi connectivity index (χ0v) is 12.5. The highest BCUT2D eigenvalue weighted by Gasteiger charge is 2.19. The Morgan fingerprint density at radius 2 is 2.14 bits per heavy atom. The van der Waals surface area contributed by atoms with Gasteiger partial charge in [-0.3, -0.25) is 9.78 Å². The van der Waals surface area contributed by atoms with Gasteiger partial charge in [-0.15, -0.1) is 0 Å². The minimum Gasteiger partial charge on any atom is -0.306 e. The molecule has 4 rings (SSSR count). The van der Waals surface area contributed by atoms with Gasteiger partial charge in [-0.2, -0.15) is 11.8 Å². The lowest BCUT2D eigenvalue weighted by Crippen LogP contribution is -2.15. The third-order valence-electron chi connectivity index (χ3n) is 3.56. The number of hydrogen-bond donors (Lipinski definition) is 1. The zero-order valence-electron chi connectivity index (χ0n) is 10.9. The third kappa shape index (κ3) is 2.04. The molecule has 3 heterocycles. The average molecular weight is 316 g/mol. The SMILES string of the molecule is O=c1[nH]c(-c2ccc(Cl)c3cccnc23)nc2c1CSC2. The molecule has 0 bridgehead atoms. The quantitative estimate of drug-likeness (QED) is 0.748. The number of aromatic nitrogens is 3. The Hall–Kier alpha value is -1.85. The highest BCUT2D eigenvalue weighted by Crippen LogP contribution is 2.31. The number of nitrogens with zero attached hydrogens (tertiary/aromatic N) is 2. The maximum Gasteiger partial charge on any atom is 0.255 e. The number of aromatic amines is 1. The molecule has 0 amide bonds. The number of H-pyrrole nitrogens is 1.